The van der Waals surface area contributed by atoms with E-state index in [1.807, 2.05) is 6.08 Å². The van der Waals surface area contributed by atoms with Crippen molar-refractivity contribution >= 4 is 15.1 Å². The van der Waals surface area contributed by atoms with Gasteiger partial charge in [-0.3, -0.25) is 0 Å². The molecule has 1 aromatic carbocycles. The van der Waals surface area contributed by atoms with Crippen molar-refractivity contribution in [1.82, 2.24) is 0 Å². The Balaban J connectivity index is 2.30. The van der Waals surface area contributed by atoms with E-state index in [-0.39, 0.29) is 0 Å². The lowest BCUT2D eigenvalue weighted by molar-refractivity contribution is 0.108. The summed E-state index contributed by atoms with van der Waals surface area (Å²) in [5.74, 6) is 0. The number of rotatable bonds is 11. The minimum Gasteiger partial charge on any atom is -0.417 e. The molecule has 21 heavy (non-hydrogen) atoms. The van der Waals surface area contributed by atoms with Crippen LogP contribution < -0.4 is 0 Å². The van der Waals surface area contributed by atoms with Crippen LogP contribution in [0.15, 0.2) is 30.8 Å². The molecule has 0 spiro atoms. The van der Waals surface area contributed by atoms with E-state index in [2.05, 4.69) is 51.6 Å². The molecule has 0 aliphatic rings. The Kier molecular flexibility index (Phi) is 9.31. The zero-order valence-corrected chi connectivity index (χ0v) is 15.0. The van der Waals surface area contributed by atoms with Crippen LogP contribution in [0.4, 0.5) is 0 Å². The summed E-state index contributed by atoms with van der Waals surface area (Å²) in [5.41, 5.74) is 2.87. The van der Waals surface area contributed by atoms with Crippen LogP contribution in [0.3, 0.4) is 0 Å². The molecular weight excluding hydrogens is 276 g/mol. The smallest absolute Gasteiger partial charge is 0.204 e. The van der Waals surface area contributed by atoms with Crippen LogP contribution in [-0.2, 0) is 15.6 Å². The lowest BCUT2D eigenvalue weighted by Gasteiger charge is -2.22. The van der Waals surface area contributed by atoms with E-state index in [9.17, 15) is 0 Å². The zero-order chi connectivity index (χ0) is 15.5. The van der Waals surface area contributed by atoms with Crippen molar-refractivity contribution in [2.75, 3.05) is 13.2 Å². The second kappa shape index (κ2) is 10.8. The lowest BCUT2D eigenvalue weighted by Crippen LogP contribution is -2.34. The summed E-state index contributed by atoms with van der Waals surface area (Å²) >= 11 is 0. The minimum atomic E-state index is -1.22. The SMILES string of the molecule is C=Cc1ccc(CCCO[SiH](CCC)C(C)OCC)cc1. The average molecular weight is 307 g/mol. The molecule has 118 valence electrons. The quantitative estimate of drug-likeness (QED) is 0.446. The molecule has 0 N–H and O–H groups in total. The number of benzene rings is 1. The molecule has 0 aliphatic heterocycles. The number of aryl methyl sites for hydroxylation is 1. The van der Waals surface area contributed by atoms with Crippen molar-refractivity contribution in [3.63, 3.8) is 0 Å². The first kappa shape index (κ1) is 18.1. The summed E-state index contributed by atoms with van der Waals surface area (Å²) in [6.07, 6.45) is 5.23. The van der Waals surface area contributed by atoms with Gasteiger partial charge in [-0.1, -0.05) is 50.3 Å². The molecule has 0 fully saturated rings. The summed E-state index contributed by atoms with van der Waals surface area (Å²) in [6.45, 7) is 11.9. The summed E-state index contributed by atoms with van der Waals surface area (Å²) in [4.78, 5) is 0. The minimum absolute atomic E-state index is 0.321. The molecule has 0 heterocycles. The van der Waals surface area contributed by atoms with E-state index >= 15 is 0 Å². The fraction of sp³-hybridized carbons (Fsp3) is 0.556. The van der Waals surface area contributed by atoms with Crippen molar-refractivity contribution in [2.45, 2.75) is 51.8 Å². The van der Waals surface area contributed by atoms with Gasteiger partial charge in [0.15, 0.2) is 0 Å². The van der Waals surface area contributed by atoms with E-state index in [0.717, 1.165) is 26.1 Å². The van der Waals surface area contributed by atoms with Crippen LogP contribution in [0.1, 0.15) is 44.7 Å². The van der Waals surface area contributed by atoms with Gasteiger partial charge in [0.05, 0.1) is 5.73 Å². The van der Waals surface area contributed by atoms with E-state index in [0.29, 0.717) is 5.73 Å². The molecule has 2 nitrogen and oxygen atoms in total. The van der Waals surface area contributed by atoms with E-state index in [4.69, 9.17) is 9.16 Å². The van der Waals surface area contributed by atoms with Gasteiger partial charge in [-0.25, -0.2) is 0 Å². The highest BCUT2D eigenvalue weighted by Gasteiger charge is 2.19. The maximum atomic E-state index is 6.16. The van der Waals surface area contributed by atoms with Crippen molar-refractivity contribution in [3.05, 3.63) is 42.0 Å². The van der Waals surface area contributed by atoms with Crippen LogP contribution in [0, 0.1) is 0 Å². The molecule has 0 saturated carbocycles. The predicted molar refractivity (Wildman–Crippen MR) is 94.1 cm³/mol. The van der Waals surface area contributed by atoms with Gasteiger partial charge in [0.1, 0.15) is 0 Å². The van der Waals surface area contributed by atoms with Crippen LogP contribution in [0.25, 0.3) is 6.08 Å². The van der Waals surface area contributed by atoms with Gasteiger partial charge in [0.2, 0.25) is 9.04 Å². The number of hydrogen-bond donors (Lipinski definition) is 0. The molecule has 0 amide bonds. The van der Waals surface area contributed by atoms with Crippen molar-refractivity contribution in [1.29, 1.82) is 0 Å². The van der Waals surface area contributed by atoms with Crippen LogP contribution >= 0.6 is 0 Å². The number of hydrogen-bond acceptors (Lipinski definition) is 2. The third-order valence-electron chi connectivity index (χ3n) is 3.68. The van der Waals surface area contributed by atoms with Crippen LogP contribution in [-0.4, -0.2) is 28.0 Å². The fourth-order valence-corrected chi connectivity index (χ4v) is 4.79. The molecule has 1 aromatic rings. The maximum Gasteiger partial charge on any atom is 0.204 e. The highest BCUT2D eigenvalue weighted by atomic mass is 28.3. The normalized spacial score (nSPS) is 13.9. The Morgan fingerprint density at radius 3 is 2.52 bits per heavy atom. The standard InChI is InChI=1S/C18H30O2Si/c1-5-15-21(16(4)19-7-3)20-14-8-9-18-12-10-17(6-2)11-13-18/h6,10-13,16,21H,2,5,7-9,14-15H2,1,3-4H3. The Labute approximate surface area is 131 Å². The summed E-state index contributed by atoms with van der Waals surface area (Å²) in [6, 6.07) is 9.81. The van der Waals surface area contributed by atoms with E-state index < -0.39 is 9.04 Å². The van der Waals surface area contributed by atoms with Gasteiger partial charge in [-0.15, -0.1) is 0 Å². The Morgan fingerprint density at radius 1 is 1.24 bits per heavy atom. The van der Waals surface area contributed by atoms with Crippen molar-refractivity contribution in [2.24, 2.45) is 0 Å². The molecule has 2 atom stereocenters. The molecule has 3 heteroatoms. The van der Waals surface area contributed by atoms with Gasteiger partial charge < -0.3 is 9.16 Å². The fourth-order valence-electron chi connectivity index (χ4n) is 2.44. The second-order valence-corrected chi connectivity index (χ2v) is 8.33. The summed E-state index contributed by atoms with van der Waals surface area (Å²) in [5, 5.41) is 0. The van der Waals surface area contributed by atoms with Crippen LogP contribution in [0.2, 0.25) is 6.04 Å². The molecule has 0 saturated heterocycles. The Hall–Kier alpha value is -0.903. The molecule has 1 rings (SSSR count). The summed E-state index contributed by atoms with van der Waals surface area (Å²) in [7, 11) is -1.22. The lowest BCUT2D eigenvalue weighted by atomic mass is 10.1. The molecule has 0 aliphatic carbocycles. The average Bonchev–Trinajstić information content (AvgIpc) is 2.51. The Bertz CT molecular complexity index is 389. The van der Waals surface area contributed by atoms with Crippen LogP contribution in [0.5, 0.6) is 0 Å². The predicted octanol–water partition coefficient (Wildman–Crippen LogP) is 4.38. The van der Waals surface area contributed by atoms with Gasteiger partial charge >= 0.3 is 0 Å². The van der Waals surface area contributed by atoms with Gasteiger partial charge in [-0.2, -0.15) is 0 Å². The van der Waals surface area contributed by atoms with Crippen molar-refractivity contribution < 1.29 is 9.16 Å². The third-order valence-corrected chi connectivity index (χ3v) is 6.73. The Morgan fingerprint density at radius 2 is 1.95 bits per heavy atom. The molecule has 0 bridgehead atoms. The molecular formula is C18H30O2Si. The van der Waals surface area contributed by atoms with Gasteiger partial charge in [0.25, 0.3) is 0 Å². The number of ether oxygens (including phenoxy) is 1. The van der Waals surface area contributed by atoms with Gasteiger partial charge in [-0.05, 0) is 43.9 Å². The van der Waals surface area contributed by atoms with E-state index in [1.54, 1.807) is 0 Å². The summed E-state index contributed by atoms with van der Waals surface area (Å²) < 4.78 is 11.9. The van der Waals surface area contributed by atoms with E-state index in [1.165, 1.54) is 23.6 Å². The highest BCUT2D eigenvalue weighted by Crippen LogP contribution is 2.11. The highest BCUT2D eigenvalue weighted by molar-refractivity contribution is 6.53. The first-order chi connectivity index (χ1) is 10.2. The topological polar surface area (TPSA) is 18.5 Å². The monoisotopic (exact) mass is 306 g/mol. The molecule has 2 unspecified atom stereocenters. The molecule has 0 aromatic heterocycles. The molecule has 0 radical (unpaired) electrons. The maximum absolute atomic E-state index is 6.16. The van der Waals surface area contributed by atoms with Gasteiger partial charge in [0, 0.05) is 13.2 Å². The largest absolute Gasteiger partial charge is 0.417 e. The second-order valence-electron chi connectivity index (χ2n) is 5.41. The van der Waals surface area contributed by atoms with Crippen molar-refractivity contribution in [3.8, 4) is 0 Å². The zero-order valence-electron chi connectivity index (χ0n) is 13.8. The third kappa shape index (κ3) is 7.07. The first-order valence-corrected chi connectivity index (χ1v) is 10.1. The first-order valence-electron chi connectivity index (χ1n) is 8.15.